The van der Waals surface area contributed by atoms with Gasteiger partial charge < -0.3 is 15.8 Å². The molecule has 1 heterocycles. The molecule has 0 radical (unpaired) electrons. The smallest absolute Gasteiger partial charge is 0.260 e. The van der Waals surface area contributed by atoms with E-state index in [2.05, 4.69) is 15.3 Å². The molecule has 1 amide bonds. The van der Waals surface area contributed by atoms with Crippen LogP contribution < -0.4 is 15.8 Å². The minimum absolute atomic E-state index is 0.139. The molecule has 0 saturated carbocycles. The summed E-state index contributed by atoms with van der Waals surface area (Å²) in [5.74, 6) is -1.29. The Morgan fingerprint density at radius 1 is 1.45 bits per heavy atom. The molecule has 0 fully saturated rings. The number of amides is 1. The number of primary amides is 1. The lowest BCUT2D eigenvalue weighted by atomic mass is 10.2. The first-order valence-corrected chi connectivity index (χ1v) is 5.95. The third kappa shape index (κ3) is 3.00. The maximum atomic E-state index is 13.6. The third-order valence-corrected chi connectivity index (χ3v) is 2.41. The Kier molecular flexibility index (Phi) is 4.09. The topological polar surface area (TPSA) is 90.1 Å². The fraction of sp³-hybridized carbons (Fsp3) is 0.154. The molecule has 6 nitrogen and oxygen atoms in total. The molecule has 0 spiro atoms. The van der Waals surface area contributed by atoms with Crippen molar-refractivity contribution in [1.29, 1.82) is 0 Å². The van der Waals surface area contributed by atoms with E-state index in [1.807, 2.05) is 6.92 Å². The van der Waals surface area contributed by atoms with Gasteiger partial charge >= 0.3 is 0 Å². The number of anilines is 1. The molecular weight excluding hydrogens is 263 g/mol. The van der Waals surface area contributed by atoms with Gasteiger partial charge in [0.15, 0.2) is 0 Å². The maximum absolute atomic E-state index is 13.6. The van der Waals surface area contributed by atoms with Crippen molar-refractivity contribution in [3.63, 3.8) is 0 Å². The second-order valence-corrected chi connectivity index (χ2v) is 3.84. The maximum Gasteiger partial charge on any atom is 0.260 e. The lowest BCUT2D eigenvalue weighted by molar-refractivity contribution is 0.0998. The molecule has 104 valence electrons. The molecule has 0 bridgehead atoms. The average molecular weight is 276 g/mol. The number of carbonyl (C=O) groups is 1. The number of para-hydroxylation sites is 1. The van der Waals surface area contributed by atoms with Gasteiger partial charge in [0.25, 0.3) is 11.8 Å². The van der Waals surface area contributed by atoms with Gasteiger partial charge in [-0.2, -0.15) is 9.37 Å². The van der Waals surface area contributed by atoms with Crippen molar-refractivity contribution in [2.24, 2.45) is 5.73 Å². The molecule has 0 aliphatic carbocycles. The largest absolute Gasteiger partial charge is 0.436 e. The van der Waals surface area contributed by atoms with Gasteiger partial charge in [0.2, 0.25) is 11.8 Å². The highest BCUT2D eigenvalue weighted by molar-refractivity contribution is 5.95. The van der Waals surface area contributed by atoms with Crippen molar-refractivity contribution in [3.05, 3.63) is 41.8 Å². The van der Waals surface area contributed by atoms with Crippen LogP contribution >= 0.6 is 0 Å². The molecule has 1 aromatic heterocycles. The quantitative estimate of drug-likeness (QED) is 0.871. The fourth-order valence-corrected chi connectivity index (χ4v) is 1.53. The minimum atomic E-state index is -0.731. The number of hydrogen-bond donors (Lipinski definition) is 2. The number of carbonyl (C=O) groups excluding carboxylic acids is 1. The third-order valence-electron chi connectivity index (χ3n) is 2.41. The Labute approximate surface area is 114 Å². The normalized spacial score (nSPS) is 10.1. The van der Waals surface area contributed by atoms with Crippen molar-refractivity contribution in [2.75, 3.05) is 11.9 Å². The Morgan fingerprint density at radius 2 is 2.20 bits per heavy atom. The molecule has 0 unspecified atom stereocenters. The van der Waals surface area contributed by atoms with E-state index >= 15 is 0 Å². The summed E-state index contributed by atoms with van der Waals surface area (Å²) in [6.45, 7) is 2.44. The molecule has 2 rings (SSSR count). The number of hydrogen-bond acceptors (Lipinski definition) is 5. The van der Waals surface area contributed by atoms with E-state index in [9.17, 15) is 9.18 Å². The van der Waals surface area contributed by atoms with Crippen molar-refractivity contribution < 1.29 is 13.9 Å². The molecule has 20 heavy (non-hydrogen) atoms. The monoisotopic (exact) mass is 276 g/mol. The van der Waals surface area contributed by atoms with Gasteiger partial charge in [-0.15, -0.1) is 0 Å². The van der Waals surface area contributed by atoms with Crippen molar-refractivity contribution in [2.45, 2.75) is 6.92 Å². The van der Waals surface area contributed by atoms with E-state index < -0.39 is 11.7 Å². The summed E-state index contributed by atoms with van der Waals surface area (Å²) in [5.41, 5.74) is 5.37. The molecule has 1 aromatic carbocycles. The summed E-state index contributed by atoms with van der Waals surface area (Å²) >= 11 is 0. The summed E-state index contributed by atoms with van der Waals surface area (Å²) in [6.07, 6.45) is 0.993. The van der Waals surface area contributed by atoms with Gasteiger partial charge in [-0.1, -0.05) is 12.1 Å². The van der Waals surface area contributed by atoms with Crippen LogP contribution in [0.25, 0.3) is 0 Å². The first-order valence-electron chi connectivity index (χ1n) is 5.95. The van der Waals surface area contributed by atoms with Gasteiger partial charge in [-0.05, 0) is 19.1 Å². The first-order chi connectivity index (χ1) is 9.61. The van der Waals surface area contributed by atoms with E-state index in [4.69, 9.17) is 10.5 Å². The van der Waals surface area contributed by atoms with E-state index in [0.717, 1.165) is 6.20 Å². The number of nitrogens with two attached hydrogens (primary N) is 1. The van der Waals surface area contributed by atoms with Gasteiger partial charge in [0, 0.05) is 6.54 Å². The van der Waals surface area contributed by atoms with Gasteiger partial charge in [-0.3, -0.25) is 4.79 Å². The Bertz CT molecular complexity index is 634. The minimum Gasteiger partial charge on any atom is -0.436 e. The lowest BCUT2D eigenvalue weighted by Crippen LogP contribution is -2.12. The van der Waals surface area contributed by atoms with Crippen molar-refractivity contribution >= 4 is 11.9 Å². The average Bonchev–Trinajstić information content (AvgIpc) is 2.43. The number of halogens is 1. The second kappa shape index (κ2) is 5.96. The van der Waals surface area contributed by atoms with Crippen LogP contribution in [-0.2, 0) is 0 Å². The zero-order valence-electron chi connectivity index (χ0n) is 10.8. The van der Waals surface area contributed by atoms with E-state index in [1.54, 1.807) is 12.1 Å². The van der Waals surface area contributed by atoms with Gasteiger partial charge in [0.1, 0.15) is 5.75 Å². The van der Waals surface area contributed by atoms with E-state index in [1.165, 1.54) is 12.1 Å². The van der Waals surface area contributed by atoms with Gasteiger partial charge in [0.05, 0.1) is 11.8 Å². The predicted molar refractivity (Wildman–Crippen MR) is 71.2 cm³/mol. The van der Waals surface area contributed by atoms with Crippen LogP contribution in [0, 0.1) is 5.82 Å². The summed E-state index contributed by atoms with van der Waals surface area (Å²) in [5, 5.41) is 2.84. The molecule has 0 aliphatic rings. The summed E-state index contributed by atoms with van der Waals surface area (Å²) in [4.78, 5) is 18.9. The number of ether oxygens (including phenoxy) is 1. The van der Waals surface area contributed by atoms with Crippen LogP contribution in [-0.4, -0.2) is 22.4 Å². The van der Waals surface area contributed by atoms with E-state index in [-0.39, 0.29) is 23.1 Å². The summed E-state index contributed by atoms with van der Waals surface area (Å²) in [6, 6.07) is 6.27. The van der Waals surface area contributed by atoms with Crippen molar-refractivity contribution in [3.8, 4) is 11.6 Å². The Balaban J connectivity index is 2.34. The molecule has 0 saturated heterocycles. The zero-order chi connectivity index (χ0) is 14.5. The van der Waals surface area contributed by atoms with E-state index in [0.29, 0.717) is 6.54 Å². The molecule has 7 heteroatoms. The SMILES string of the molecule is CCNc1ncc(F)c(Oc2ccccc2C(N)=O)n1. The molecule has 2 aromatic rings. The number of nitrogens with one attached hydrogen (secondary N) is 1. The highest BCUT2D eigenvalue weighted by atomic mass is 19.1. The second-order valence-electron chi connectivity index (χ2n) is 3.84. The van der Waals surface area contributed by atoms with Crippen LogP contribution in [0.1, 0.15) is 17.3 Å². The van der Waals surface area contributed by atoms with Crippen LogP contribution in [0.3, 0.4) is 0 Å². The summed E-state index contributed by atoms with van der Waals surface area (Å²) in [7, 11) is 0. The van der Waals surface area contributed by atoms with Crippen LogP contribution in [0.2, 0.25) is 0 Å². The van der Waals surface area contributed by atoms with Crippen molar-refractivity contribution in [1.82, 2.24) is 9.97 Å². The number of aromatic nitrogens is 2. The Morgan fingerprint density at radius 3 is 2.90 bits per heavy atom. The van der Waals surface area contributed by atoms with Gasteiger partial charge in [-0.25, -0.2) is 4.98 Å². The number of rotatable bonds is 5. The standard InChI is InChI=1S/C13H13FN4O2/c1-2-16-13-17-7-9(14)12(18-13)20-10-6-4-3-5-8(10)11(15)19/h3-7H,2H2,1H3,(H2,15,19)(H,16,17,18). The molecule has 3 N–H and O–H groups in total. The molecule has 0 atom stereocenters. The number of nitrogens with zero attached hydrogens (tertiary/aromatic N) is 2. The molecule has 0 aliphatic heterocycles. The predicted octanol–water partition coefficient (Wildman–Crippen LogP) is 1.94. The Hall–Kier alpha value is -2.70. The number of benzene rings is 1. The fourth-order valence-electron chi connectivity index (χ4n) is 1.53. The van der Waals surface area contributed by atoms with Crippen LogP contribution in [0.5, 0.6) is 11.6 Å². The zero-order valence-corrected chi connectivity index (χ0v) is 10.8. The van der Waals surface area contributed by atoms with Crippen LogP contribution in [0.4, 0.5) is 10.3 Å². The summed E-state index contributed by atoms with van der Waals surface area (Å²) < 4.78 is 19.0. The lowest BCUT2D eigenvalue weighted by Gasteiger charge is -2.09. The molecular formula is C13H13FN4O2. The highest BCUT2D eigenvalue weighted by Gasteiger charge is 2.14. The first kappa shape index (κ1) is 13.7. The van der Waals surface area contributed by atoms with Crippen LogP contribution in [0.15, 0.2) is 30.5 Å². The highest BCUT2D eigenvalue weighted by Crippen LogP contribution is 2.25.